The van der Waals surface area contributed by atoms with Crippen LogP contribution in [0.3, 0.4) is 0 Å². The van der Waals surface area contributed by atoms with Gasteiger partial charge in [-0.05, 0) is 31.5 Å². The summed E-state index contributed by atoms with van der Waals surface area (Å²) in [6.07, 6.45) is -1.36. The van der Waals surface area contributed by atoms with Gasteiger partial charge >= 0.3 is 12.2 Å². The topological polar surface area (TPSA) is 87.1 Å². The first-order valence-corrected chi connectivity index (χ1v) is 7.15. The molecule has 3 N–H and O–H groups in total. The van der Waals surface area contributed by atoms with Gasteiger partial charge in [-0.1, -0.05) is 0 Å². The van der Waals surface area contributed by atoms with Gasteiger partial charge in [-0.3, -0.25) is 4.79 Å². The van der Waals surface area contributed by atoms with E-state index in [0.29, 0.717) is 25.1 Å². The highest BCUT2D eigenvalue weighted by Crippen LogP contribution is 2.29. The second-order valence-corrected chi connectivity index (χ2v) is 5.25. The Hall–Kier alpha value is -2.71. The summed E-state index contributed by atoms with van der Waals surface area (Å²) < 4.78 is 43.0. The normalized spacial score (nSPS) is 12.7. The summed E-state index contributed by atoms with van der Waals surface area (Å²) in [6, 6.07) is 3.12. The number of aryl methyl sites for hydroxylation is 1. The van der Waals surface area contributed by atoms with E-state index < -0.39 is 29.0 Å². The molecule has 130 valence electrons. The Morgan fingerprint density at radius 3 is 2.79 bits per heavy atom. The van der Waals surface area contributed by atoms with Gasteiger partial charge in [0.2, 0.25) is 0 Å². The van der Waals surface area contributed by atoms with Crippen molar-refractivity contribution in [1.82, 2.24) is 10.3 Å². The third-order valence-electron chi connectivity index (χ3n) is 3.26. The average molecular weight is 343 g/mol. The first-order chi connectivity index (χ1) is 11.3. The molecule has 0 fully saturated rings. The summed E-state index contributed by atoms with van der Waals surface area (Å²) in [7, 11) is 0. The van der Waals surface area contributed by atoms with E-state index in [-0.39, 0.29) is 6.04 Å². The Labute approximate surface area is 135 Å². The number of urea groups is 1. The van der Waals surface area contributed by atoms with E-state index in [4.69, 9.17) is 4.42 Å². The molecule has 2 rings (SSSR count). The van der Waals surface area contributed by atoms with Gasteiger partial charge in [0.05, 0.1) is 11.8 Å². The highest BCUT2D eigenvalue weighted by atomic mass is 19.4. The van der Waals surface area contributed by atoms with Crippen LogP contribution in [0.15, 0.2) is 39.9 Å². The predicted octanol–water partition coefficient (Wildman–Crippen LogP) is 3.13. The molecule has 2 heterocycles. The zero-order chi connectivity index (χ0) is 17.7. The van der Waals surface area contributed by atoms with E-state index in [1.807, 2.05) is 4.98 Å². The molecule has 0 aromatic carbocycles. The van der Waals surface area contributed by atoms with Gasteiger partial charge in [0.1, 0.15) is 11.4 Å². The number of rotatable bonds is 5. The minimum Gasteiger partial charge on any atom is -0.469 e. The molecule has 2 aromatic rings. The van der Waals surface area contributed by atoms with Gasteiger partial charge < -0.3 is 20.0 Å². The van der Waals surface area contributed by atoms with Gasteiger partial charge in [-0.2, -0.15) is 13.2 Å². The third-order valence-corrected chi connectivity index (χ3v) is 3.26. The Morgan fingerprint density at radius 1 is 1.42 bits per heavy atom. The Morgan fingerprint density at radius 2 is 2.17 bits per heavy atom. The van der Waals surface area contributed by atoms with E-state index in [1.165, 1.54) is 0 Å². The minimum absolute atomic E-state index is 0.264. The van der Waals surface area contributed by atoms with Crippen molar-refractivity contribution in [3.63, 3.8) is 0 Å². The number of furan rings is 1. The zero-order valence-corrected chi connectivity index (χ0v) is 12.7. The molecule has 6 nitrogen and oxygen atoms in total. The summed E-state index contributed by atoms with van der Waals surface area (Å²) in [5, 5.41) is 4.68. The number of halogens is 3. The standard InChI is InChI=1S/C15H16F3N3O3/c1-9(4-5-11-3-2-6-24-11)20-14(23)21-12-7-10(15(16,17)18)8-19-13(12)22/h2-3,6-9H,4-5H2,1H3,(H,19,22)(H2,20,21,23)/t9-/m1/s1. The molecule has 0 bridgehead atoms. The first kappa shape index (κ1) is 17.6. The van der Waals surface area contributed by atoms with Crippen molar-refractivity contribution >= 4 is 11.7 Å². The van der Waals surface area contributed by atoms with Gasteiger partial charge in [-0.15, -0.1) is 0 Å². The molecule has 9 heteroatoms. The highest BCUT2D eigenvalue weighted by molar-refractivity contribution is 5.89. The van der Waals surface area contributed by atoms with Gasteiger partial charge in [0.25, 0.3) is 5.56 Å². The Bertz CT molecular complexity index is 738. The summed E-state index contributed by atoms with van der Waals surface area (Å²) in [5.41, 5.74) is -2.34. The van der Waals surface area contributed by atoms with Crippen LogP contribution in [0.4, 0.5) is 23.7 Å². The average Bonchev–Trinajstić information content (AvgIpc) is 2.99. The third kappa shape index (κ3) is 4.90. The van der Waals surface area contributed by atoms with Crippen LogP contribution >= 0.6 is 0 Å². The van der Waals surface area contributed by atoms with E-state index in [9.17, 15) is 22.8 Å². The lowest BCUT2D eigenvalue weighted by Gasteiger charge is -2.14. The van der Waals surface area contributed by atoms with Gasteiger partial charge in [-0.25, -0.2) is 4.79 Å². The molecule has 2 aromatic heterocycles. The zero-order valence-electron chi connectivity index (χ0n) is 12.7. The molecule has 0 saturated carbocycles. The number of carbonyl (C=O) groups excluding carboxylic acids is 1. The van der Waals surface area contributed by atoms with Crippen molar-refractivity contribution < 1.29 is 22.4 Å². The van der Waals surface area contributed by atoms with E-state index in [2.05, 4.69) is 10.6 Å². The molecule has 0 radical (unpaired) electrons. The summed E-state index contributed by atoms with van der Waals surface area (Å²) >= 11 is 0. The number of aromatic amines is 1. The maximum absolute atomic E-state index is 12.6. The summed E-state index contributed by atoms with van der Waals surface area (Å²) in [4.78, 5) is 25.3. The molecule has 2 amide bonds. The fourth-order valence-corrected chi connectivity index (χ4v) is 2.01. The van der Waals surface area contributed by atoms with Gasteiger partial charge in [0, 0.05) is 18.7 Å². The molecular formula is C15H16F3N3O3. The van der Waals surface area contributed by atoms with Crippen molar-refractivity contribution in [3.8, 4) is 0 Å². The number of anilines is 1. The monoisotopic (exact) mass is 343 g/mol. The molecule has 24 heavy (non-hydrogen) atoms. The number of H-pyrrole nitrogens is 1. The first-order valence-electron chi connectivity index (χ1n) is 7.15. The fraction of sp³-hybridized carbons (Fsp3) is 0.333. The molecular weight excluding hydrogens is 327 g/mol. The SMILES string of the molecule is C[C@H](CCc1ccco1)NC(=O)Nc1cc(C(F)(F)F)c[nH]c1=O. The molecule has 0 saturated heterocycles. The van der Waals surface area contributed by atoms with E-state index >= 15 is 0 Å². The quantitative estimate of drug-likeness (QED) is 0.779. The number of pyridine rings is 1. The number of aromatic nitrogens is 1. The summed E-state index contributed by atoms with van der Waals surface area (Å²) in [6.45, 7) is 1.74. The second-order valence-electron chi connectivity index (χ2n) is 5.25. The van der Waals surface area contributed by atoms with Crippen LogP contribution < -0.4 is 16.2 Å². The number of alkyl halides is 3. The second kappa shape index (κ2) is 7.24. The lowest BCUT2D eigenvalue weighted by Crippen LogP contribution is -2.37. The Kier molecular flexibility index (Phi) is 5.32. The fourth-order valence-electron chi connectivity index (χ4n) is 2.01. The molecule has 0 aliphatic rings. The number of nitrogens with one attached hydrogen (secondary N) is 3. The molecule has 0 unspecified atom stereocenters. The van der Waals surface area contributed by atoms with Gasteiger partial charge in [0.15, 0.2) is 0 Å². The van der Waals surface area contributed by atoms with Crippen LogP contribution in [0.2, 0.25) is 0 Å². The van der Waals surface area contributed by atoms with E-state index in [0.717, 1.165) is 5.76 Å². The smallest absolute Gasteiger partial charge is 0.417 e. The van der Waals surface area contributed by atoms with Crippen molar-refractivity contribution in [2.24, 2.45) is 0 Å². The molecule has 1 atom stereocenters. The van der Waals surface area contributed by atoms with Crippen LogP contribution in [0.5, 0.6) is 0 Å². The minimum atomic E-state index is -4.62. The van der Waals surface area contributed by atoms with Crippen molar-refractivity contribution in [2.45, 2.75) is 32.0 Å². The van der Waals surface area contributed by atoms with Crippen LogP contribution in [-0.4, -0.2) is 17.1 Å². The van der Waals surface area contributed by atoms with Crippen LogP contribution in [0, 0.1) is 0 Å². The number of hydrogen-bond donors (Lipinski definition) is 3. The van der Waals surface area contributed by atoms with E-state index in [1.54, 1.807) is 25.3 Å². The maximum atomic E-state index is 12.6. The highest BCUT2D eigenvalue weighted by Gasteiger charge is 2.31. The maximum Gasteiger partial charge on any atom is 0.417 e. The Balaban J connectivity index is 1.93. The van der Waals surface area contributed by atoms with Crippen LogP contribution in [-0.2, 0) is 12.6 Å². The molecule has 0 aliphatic carbocycles. The molecule has 0 spiro atoms. The number of carbonyl (C=O) groups is 1. The summed E-state index contributed by atoms with van der Waals surface area (Å²) in [5.74, 6) is 0.762. The van der Waals surface area contributed by atoms with Crippen molar-refractivity contribution in [3.05, 3.63) is 52.3 Å². The van der Waals surface area contributed by atoms with Crippen LogP contribution in [0.1, 0.15) is 24.7 Å². The molecule has 0 aliphatic heterocycles. The number of amides is 2. The van der Waals surface area contributed by atoms with Crippen LogP contribution in [0.25, 0.3) is 0 Å². The van der Waals surface area contributed by atoms with Crippen molar-refractivity contribution in [1.29, 1.82) is 0 Å². The lowest BCUT2D eigenvalue weighted by molar-refractivity contribution is -0.137. The largest absolute Gasteiger partial charge is 0.469 e. The lowest BCUT2D eigenvalue weighted by atomic mass is 10.1. The van der Waals surface area contributed by atoms with Crippen molar-refractivity contribution in [2.75, 3.05) is 5.32 Å². The predicted molar refractivity (Wildman–Crippen MR) is 80.7 cm³/mol. The number of hydrogen-bond acceptors (Lipinski definition) is 3.